The Balaban J connectivity index is 2.47. The van der Waals surface area contributed by atoms with E-state index in [-0.39, 0.29) is 18.3 Å². The molecule has 11 heteroatoms. The smallest absolute Gasteiger partial charge is 0.419 e. The lowest BCUT2D eigenvalue weighted by Crippen LogP contribution is -2.57. The van der Waals surface area contributed by atoms with Gasteiger partial charge in [-0.3, -0.25) is 0 Å². The first kappa shape index (κ1) is 28.1. The van der Waals surface area contributed by atoms with Crippen molar-refractivity contribution in [2.45, 2.75) is 116 Å². The van der Waals surface area contributed by atoms with E-state index in [1.807, 2.05) is 13.8 Å². The van der Waals surface area contributed by atoms with E-state index in [0.29, 0.717) is 0 Å². The molecule has 0 saturated carbocycles. The first-order chi connectivity index (χ1) is 14.9. The second kappa shape index (κ2) is 9.83. The molecule has 0 bridgehead atoms. The van der Waals surface area contributed by atoms with Crippen LogP contribution in [-0.2, 0) is 32.9 Å². The fourth-order valence-electron chi connectivity index (χ4n) is 3.65. The van der Waals surface area contributed by atoms with E-state index in [1.165, 1.54) is 0 Å². The van der Waals surface area contributed by atoms with Gasteiger partial charge < -0.3 is 38.7 Å². The van der Waals surface area contributed by atoms with Crippen molar-refractivity contribution in [1.29, 1.82) is 0 Å². The lowest BCUT2D eigenvalue weighted by Gasteiger charge is -2.42. The number of ether oxygens (including phenoxy) is 5. The lowest BCUT2D eigenvalue weighted by atomic mass is 9.97. The maximum atomic E-state index is 12.3. The van der Waals surface area contributed by atoms with E-state index in [4.69, 9.17) is 28.1 Å². The van der Waals surface area contributed by atoms with Crippen LogP contribution in [0.3, 0.4) is 0 Å². The van der Waals surface area contributed by atoms with Crippen molar-refractivity contribution in [1.82, 2.24) is 0 Å². The van der Waals surface area contributed by atoms with Gasteiger partial charge in [0.2, 0.25) is 0 Å². The molecule has 10 nitrogen and oxygen atoms in total. The van der Waals surface area contributed by atoms with Gasteiger partial charge in [-0.1, -0.05) is 20.8 Å². The molecule has 0 aromatic rings. The van der Waals surface area contributed by atoms with Crippen LogP contribution in [0, 0.1) is 0 Å². The average Bonchev–Trinajstić information content (AvgIpc) is 3.18. The number of aliphatic hydroxyl groups is 1. The number of aliphatic hydroxyl groups excluding tert-OH is 1. The summed E-state index contributed by atoms with van der Waals surface area (Å²) in [6.45, 7) is 19.5. The number of hydrogen-bond acceptors (Lipinski definition) is 8. The van der Waals surface area contributed by atoms with Crippen LogP contribution < -0.4 is 0 Å². The summed E-state index contributed by atoms with van der Waals surface area (Å²) in [5.41, 5.74) is 8.88. The first-order valence-corrected chi connectivity index (χ1v) is 14.3. The Kier molecular flexibility index (Phi) is 8.36. The Morgan fingerprint density at radius 1 is 1.15 bits per heavy atom. The fraction of sp³-hybridized carbons (Fsp3) is 0.909. The zero-order chi connectivity index (χ0) is 25.4. The number of esters is 1. The average molecular weight is 489 g/mol. The van der Waals surface area contributed by atoms with Crippen LogP contribution in [0.25, 0.3) is 5.53 Å². The summed E-state index contributed by atoms with van der Waals surface area (Å²) >= 11 is 0. The highest BCUT2D eigenvalue weighted by Crippen LogP contribution is 2.42. The van der Waals surface area contributed by atoms with Crippen LogP contribution in [0.15, 0.2) is 0 Å². The predicted molar refractivity (Wildman–Crippen MR) is 122 cm³/mol. The Hall–Kier alpha value is -1.17. The summed E-state index contributed by atoms with van der Waals surface area (Å²) in [5, 5.41) is 10.9. The minimum atomic E-state index is -2.35. The lowest BCUT2D eigenvalue weighted by molar-refractivity contribution is -0.176. The number of carbonyl (C=O) groups is 1. The molecule has 2 fully saturated rings. The monoisotopic (exact) mass is 488 g/mol. The third-order valence-electron chi connectivity index (χ3n) is 6.30. The van der Waals surface area contributed by atoms with E-state index < -0.39 is 62.1 Å². The van der Waals surface area contributed by atoms with E-state index in [2.05, 4.69) is 38.7 Å². The molecular weight excluding hydrogens is 448 g/mol. The minimum absolute atomic E-state index is 0.0565. The summed E-state index contributed by atoms with van der Waals surface area (Å²) in [5.74, 6) is -2.86. The van der Waals surface area contributed by atoms with E-state index in [9.17, 15) is 15.4 Å². The van der Waals surface area contributed by atoms with Crippen molar-refractivity contribution in [3.63, 3.8) is 0 Å². The van der Waals surface area contributed by atoms with Gasteiger partial charge in [0.05, 0.1) is 13.2 Å². The van der Waals surface area contributed by atoms with Crippen molar-refractivity contribution in [3.8, 4) is 0 Å². The van der Waals surface area contributed by atoms with Gasteiger partial charge in [-0.05, 0) is 52.8 Å². The molecule has 5 atom stereocenters. The Morgan fingerprint density at radius 3 is 2.18 bits per heavy atom. The van der Waals surface area contributed by atoms with Crippen molar-refractivity contribution >= 4 is 20.0 Å². The van der Waals surface area contributed by atoms with Gasteiger partial charge in [0.25, 0.3) is 0 Å². The molecule has 0 spiro atoms. The number of rotatable bonds is 8. The molecule has 190 valence electrons. The zero-order valence-corrected chi connectivity index (χ0v) is 22.5. The molecule has 0 aromatic heterocycles. The topological polar surface area (TPSA) is 129 Å². The van der Waals surface area contributed by atoms with Gasteiger partial charge in [0, 0.05) is 0 Å². The highest BCUT2D eigenvalue weighted by molar-refractivity contribution is 6.74. The molecule has 2 heterocycles. The summed E-state index contributed by atoms with van der Waals surface area (Å²) in [7, 11) is -2.35. The van der Waals surface area contributed by atoms with E-state index in [0.717, 1.165) is 0 Å². The second-order valence-electron chi connectivity index (χ2n) is 10.9. The van der Waals surface area contributed by atoms with Gasteiger partial charge in [0.1, 0.15) is 24.4 Å². The molecule has 2 aliphatic heterocycles. The second-order valence-corrected chi connectivity index (χ2v) is 15.7. The minimum Gasteiger partial charge on any atom is -0.457 e. The highest BCUT2D eigenvalue weighted by atomic mass is 28.4. The fourth-order valence-corrected chi connectivity index (χ4v) is 4.97. The Bertz CT molecular complexity index is 773. The molecule has 2 aliphatic rings. The van der Waals surface area contributed by atoms with Crippen LogP contribution >= 0.6 is 0 Å². The molecule has 1 unspecified atom stereocenters. The first-order valence-electron chi connectivity index (χ1n) is 11.4. The highest BCUT2D eigenvalue weighted by Gasteiger charge is 2.57. The van der Waals surface area contributed by atoms with Crippen molar-refractivity contribution in [2.24, 2.45) is 0 Å². The predicted octanol–water partition coefficient (Wildman–Crippen LogP) is 2.64. The Morgan fingerprint density at radius 2 is 1.73 bits per heavy atom. The summed E-state index contributed by atoms with van der Waals surface area (Å²) in [6, 6.07) is 0. The van der Waals surface area contributed by atoms with Crippen LogP contribution in [0.4, 0.5) is 0 Å². The standard InChI is InChI=1S/C22H40N2O8Si/c1-11-27-19(26)14(24-23)15(25)17-18(31-22(7,8)30-17)16(13-12-28-21(5,6)29-13)32-33(9,10)20(2,3)4/h13,15-18,25H,11-12H2,1-10H3/t13-,15?,16-,17-,18+/m1/s1. The van der Waals surface area contributed by atoms with Gasteiger partial charge in [-0.25, -0.2) is 4.79 Å². The quantitative estimate of drug-likeness (QED) is 0.181. The molecular formula is C22H40N2O8Si. The van der Waals surface area contributed by atoms with Gasteiger partial charge in [-0.2, -0.15) is 4.79 Å². The van der Waals surface area contributed by atoms with E-state index >= 15 is 0 Å². The SMILES string of the molecule is CCOC(=O)C(=[N+]=[N-])C(O)[C@H]1OC(C)(C)O[C@H]1[C@H](O[Si](C)(C)C(C)(C)C)[C@H]1COC(C)(C)O1. The third-order valence-corrected chi connectivity index (χ3v) is 10.8. The van der Waals surface area contributed by atoms with Crippen LogP contribution in [0.1, 0.15) is 55.4 Å². The van der Waals surface area contributed by atoms with Gasteiger partial charge >= 0.3 is 11.7 Å². The molecule has 0 aliphatic carbocycles. The number of nitrogens with zero attached hydrogens (tertiary/aromatic N) is 2. The van der Waals surface area contributed by atoms with Crippen LogP contribution in [-0.4, -0.2) is 85.2 Å². The third kappa shape index (κ3) is 6.49. The summed E-state index contributed by atoms with van der Waals surface area (Å²) in [6.07, 6.45) is -4.75. The zero-order valence-electron chi connectivity index (χ0n) is 21.5. The molecule has 2 rings (SSSR count). The summed E-state index contributed by atoms with van der Waals surface area (Å²) in [4.78, 5) is 15.3. The number of hydrogen-bond donors (Lipinski definition) is 1. The van der Waals surface area contributed by atoms with Crippen molar-refractivity contribution < 1.29 is 42.8 Å². The molecule has 1 N–H and O–H groups in total. The summed E-state index contributed by atoms with van der Waals surface area (Å²) < 4.78 is 35.8. The molecule has 0 amide bonds. The van der Waals surface area contributed by atoms with Gasteiger partial charge in [-0.15, -0.1) is 0 Å². The molecule has 33 heavy (non-hydrogen) atoms. The van der Waals surface area contributed by atoms with E-state index in [1.54, 1.807) is 20.8 Å². The largest absolute Gasteiger partial charge is 0.457 e. The maximum absolute atomic E-state index is 12.3. The molecule has 2 saturated heterocycles. The van der Waals surface area contributed by atoms with Gasteiger partial charge in [0.15, 0.2) is 26.0 Å². The maximum Gasteiger partial charge on any atom is 0.419 e. The van der Waals surface area contributed by atoms with Crippen molar-refractivity contribution in [3.05, 3.63) is 5.53 Å². The normalized spacial score (nSPS) is 28.8. The molecule has 0 radical (unpaired) electrons. The number of carbonyl (C=O) groups excluding carboxylic acids is 1. The Labute approximate surface area is 197 Å². The van der Waals surface area contributed by atoms with Crippen molar-refractivity contribution in [2.75, 3.05) is 13.2 Å². The molecule has 0 aromatic carbocycles. The van der Waals surface area contributed by atoms with Crippen LogP contribution in [0.5, 0.6) is 0 Å². The van der Waals surface area contributed by atoms with Crippen LogP contribution in [0.2, 0.25) is 18.1 Å².